The van der Waals surface area contributed by atoms with Crippen LogP contribution in [0.15, 0.2) is 18.2 Å². The Labute approximate surface area is 105 Å². The molecular weight excluding hydrogens is 237 g/mol. The van der Waals surface area contributed by atoms with Gasteiger partial charge in [0.1, 0.15) is 5.82 Å². The first kappa shape index (κ1) is 12.1. The minimum Gasteiger partial charge on any atom is -0.206 e. The molecule has 98 valence electrons. The lowest BCUT2D eigenvalue weighted by atomic mass is 9.77. The van der Waals surface area contributed by atoms with E-state index in [0.29, 0.717) is 12.0 Å². The predicted molar refractivity (Wildman–Crippen MR) is 64.1 cm³/mol. The third-order valence-corrected chi connectivity index (χ3v) is 4.56. The first-order valence-corrected chi connectivity index (χ1v) is 6.76. The summed E-state index contributed by atoms with van der Waals surface area (Å²) < 4.78 is 42.5. The molecule has 2 aliphatic carbocycles. The van der Waals surface area contributed by atoms with E-state index in [0.717, 1.165) is 38.2 Å². The zero-order valence-electron chi connectivity index (χ0n) is 10.3. The second kappa shape index (κ2) is 4.29. The fraction of sp³-hybridized carbons (Fsp3) is 0.600. The molecule has 18 heavy (non-hydrogen) atoms. The van der Waals surface area contributed by atoms with E-state index in [1.807, 2.05) is 0 Å². The molecule has 0 spiro atoms. The van der Waals surface area contributed by atoms with Gasteiger partial charge in [0.25, 0.3) is 5.92 Å². The minimum atomic E-state index is -2.98. The van der Waals surface area contributed by atoms with E-state index in [9.17, 15) is 13.2 Å². The van der Waals surface area contributed by atoms with Crippen molar-refractivity contribution in [1.82, 2.24) is 0 Å². The fourth-order valence-electron chi connectivity index (χ4n) is 3.66. The van der Waals surface area contributed by atoms with E-state index in [-0.39, 0.29) is 11.5 Å². The van der Waals surface area contributed by atoms with Gasteiger partial charge in [-0.05, 0) is 36.8 Å². The van der Waals surface area contributed by atoms with E-state index in [1.54, 1.807) is 6.07 Å². The van der Waals surface area contributed by atoms with Gasteiger partial charge in [0.15, 0.2) is 0 Å². The fourth-order valence-corrected chi connectivity index (χ4v) is 3.66. The van der Waals surface area contributed by atoms with Gasteiger partial charge in [-0.3, -0.25) is 0 Å². The maximum Gasteiger partial charge on any atom is 0.279 e. The summed E-state index contributed by atoms with van der Waals surface area (Å²) in [4.78, 5) is 0. The number of halogens is 3. The number of rotatable bonds is 1. The molecule has 0 bridgehead atoms. The van der Waals surface area contributed by atoms with Crippen molar-refractivity contribution in [3.8, 4) is 0 Å². The van der Waals surface area contributed by atoms with E-state index in [1.165, 1.54) is 6.07 Å². The van der Waals surface area contributed by atoms with Crippen LogP contribution < -0.4 is 0 Å². The van der Waals surface area contributed by atoms with Crippen LogP contribution in [0.2, 0.25) is 0 Å². The van der Waals surface area contributed by atoms with Crippen molar-refractivity contribution in [2.24, 2.45) is 11.8 Å². The number of alkyl halides is 2. The lowest BCUT2D eigenvalue weighted by molar-refractivity contribution is -0.0819. The van der Waals surface area contributed by atoms with Gasteiger partial charge in [-0.1, -0.05) is 31.4 Å². The smallest absolute Gasteiger partial charge is 0.206 e. The summed E-state index contributed by atoms with van der Waals surface area (Å²) >= 11 is 0. The van der Waals surface area contributed by atoms with Gasteiger partial charge in [-0.2, -0.15) is 0 Å². The summed E-state index contributed by atoms with van der Waals surface area (Å²) in [6, 6.07) is 4.33. The van der Waals surface area contributed by atoms with Crippen LogP contribution in [-0.2, 0) is 12.3 Å². The van der Waals surface area contributed by atoms with Crippen molar-refractivity contribution in [3.63, 3.8) is 0 Å². The number of hydrogen-bond donors (Lipinski definition) is 0. The highest BCUT2D eigenvalue weighted by Gasteiger charge is 2.52. The standard InChI is InChI=1S/C15H17F3/c16-13-8-4-7-11-9-12(15(17,18)14(11)13)10-5-2-1-3-6-10/h4,7-8,10,12H,1-3,5-6,9H2. The second-order valence-corrected chi connectivity index (χ2v) is 5.61. The molecule has 2 aliphatic rings. The average molecular weight is 254 g/mol. The second-order valence-electron chi connectivity index (χ2n) is 5.61. The predicted octanol–water partition coefficient (Wildman–Crippen LogP) is 4.67. The summed E-state index contributed by atoms with van der Waals surface area (Å²) in [6.45, 7) is 0. The molecule has 1 fully saturated rings. The molecule has 0 nitrogen and oxygen atoms in total. The first-order chi connectivity index (χ1) is 8.60. The van der Waals surface area contributed by atoms with Crippen molar-refractivity contribution in [2.75, 3.05) is 0 Å². The Kier molecular flexibility index (Phi) is 2.87. The largest absolute Gasteiger partial charge is 0.279 e. The first-order valence-electron chi connectivity index (χ1n) is 6.76. The van der Waals surface area contributed by atoms with Crippen LogP contribution in [0.4, 0.5) is 13.2 Å². The number of hydrogen-bond acceptors (Lipinski definition) is 0. The van der Waals surface area contributed by atoms with Gasteiger partial charge in [0.2, 0.25) is 0 Å². The molecule has 1 saturated carbocycles. The molecule has 1 atom stereocenters. The van der Waals surface area contributed by atoms with Crippen molar-refractivity contribution in [3.05, 3.63) is 35.1 Å². The normalized spacial score (nSPS) is 27.2. The monoisotopic (exact) mass is 254 g/mol. The Morgan fingerprint density at radius 3 is 2.44 bits per heavy atom. The number of benzene rings is 1. The molecule has 1 aromatic rings. The molecule has 0 N–H and O–H groups in total. The van der Waals surface area contributed by atoms with E-state index in [2.05, 4.69) is 0 Å². The SMILES string of the molecule is Fc1cccc2c1C(F)(F)C(C1CCCCC1)C2. The summed E-state index contributed by atoms with van der Waals surface area (Å²) in [5, 5.41) is 0. The van der Waals surface area contributed by atoms with Crippen LogP contribution in [-0.4, -0.2) is 0 Å². The summed E-state index contributed by atoms with van der Waals surface area (Å²) in [5.74, 6) is -4.36. The molecule has 0 aliphatic heterocycles. The Balaban J connectivity index is 1.94. The Morgan fingerprint density at radius 1 is 1.06 bits per heavy atom. The minimum absolute atomic E-state index is 0.0561. The molecule has 0 heterocycles. The summed E-state index contributed by atoms with van der Waals surface area (Å²) in [7, 11) is 0. The van der Waals surface area contributed by atoms with Crippen LogP contribution in [0.5, 0.6) is 0 Å². The molecular formula is C15H17F3. The van der Waals surface area contributed by atoms with Crippen molar-refractivity contribution >= 4 is 0 Å². The molecule has 3 heteroatoms. The van der Waals surface area contributed by atoms with Crippen molar-refractivity contribution < 1.29 is 13.2 Å². The van der Waals surface area contributed by atoms with Crippen LogP contribution in [0.1, 0.15) is 43.2 Å². The molecule has 0 aromatic heterocycles. The summed E-state index contributed by atoms with van der Waals surface area (Å²) in [6.07, 6.45) is 5.30. The Hall–Kier alpha value is -0.990. The zero-order valence-corrected chi connectivity index (χ0v) is 10.3. The van der Waals surface area contributed by atoms with Crippen molar-refractivity contribution in [2.45, 2.75) is 44.4 Å². The molecule has 3 rings (SSSR count). The zero-order chi connectivity index (χ0) is 12.8. The molecule has 1 unspecified atom stereocenters. The maximum atomic E-state index is 14.4. The van der Waals surface area contributed by atoms with E-state index in [4.69, 9.17) is 0 Å². The lowest BCUT2D eigenvalue weighted by Crippen LogP contribution is -2.30. The van der Waals surface area contributed by atoms with Gasteiger partial charge >= 0.3 is 0 Å². The van der Waals surface area contributed by atoms with Gasteiger partial charge in [-0.15, -0.1) is 0 Å². The van der Waals surface area contributed by atoms with Crippen LogP contribution >= 0.6 is 0 Å². The number of fused-ring (bicyclic) bond motifs is 1. The van der Waals surface area contributed by atoms with Crippen LogP contribution in [0.25, 0.3) is 0 Å². The lowest BCUT2D eigenvalue weighted by Gasteiger charge is -2.31. The molecule has 0 saturated heterocycles. The van der Waals surface area contributed by atoms with E-state index >= 15 is 0 Å². The van der Waals surface area contributed by atoms with Crippen LogP contribution in [0.3, 0.4) is 0 Å². The quantitative estimate of drug-likeness (QED) is 0.683. The van der Waals surface area contributed by atoms with Gasteiger partial charge in [-0.25, -0.2) is 13.2 Å². The highest BCUT2D eigenvalue weighted by molar-refractivity contribution is 5.38. The summed E-state index contributed by atoms with van der Waals surface area (Å²) in [5.41, 5.74) is 0.177. The molecule has 1 aromatic carbocycles. The third-order valence-electron chi connectivity index (χ3n) is 4.56. The Morgan fingerprint density at radius 2 is 1.78 bits per heavy atom. The van der Waals surface area contributed by atoms with Crippen molar-refractivity contribution in [1.29, 1.82) is 0 Å². The molecule has 0 radical (unpaired) electrons. The van der Waals surface area contributed by atoms with Gasteiger partial charge < -0.3 is 0 Å². The third kappa shape index (κ3) is 1.75. The maximum absolute atomic E-state index is 14.4. The van der Waals surface area contributed by atoms with Gasteiger partial charge in [0, 0.05) is 5.92 Å². The van der Waals surface area contributed by atoms with Crippen LogP contribution in [0, 0.1) is 17.7 Å². The highest BCUT2D eigenvalue weighted by Crippen LogP contribution is 2.52. The topological polar surface area (TPSA) is 0 Å². The van der Waals surface area contributed by atoms with Gasteiger partial charge in [0.05, 0.1) is 5.56 Å². The highest BCUT2D eigenvalue weighted by atomic mass is 19.3. The Bertz CT molecular complexity index is 447. The molecule has 0 amide bonds. The average Bonchev–Trinajstić information content (AvgIpc) is 2.63. The van der Waals surface area contributed by atoms with E-state index < -0.39 is 17.7 Å².